The summed E-state index contributed by atoms with van der Waals surface area (Å²) in [6.07, 6.45) is 6.17. The minimum Gasteiger partial charge on any atom is -0.298 e. The van der Waals surface area contributed by atoms with Crippen LogP contribution < -0.4 is 0 Å². The zero-order chi connectivity index (χ0) is 12.4. The predicted molar refractivity (Wildman–Crippen MR) is 73.3 cm³/mol. The number of nitrogens with zero attached hydrogens (tertiary/aromatic N) is 1. The van der Waals surface area contributed by atoms with Crippen LogP contribution in [0.3, 0.4) is 0 Å². The summed E-state index contributed by atoms with van der Waals surface area (Å²) in [6, 6.07) is 0.471. The average molecular weight is 219 g/mol. The summed E-state index contributed by atoms with van der Waals surface area (Å²) >= 11 is 0. The third kappa shape index (κ3) is 6.48. The molecule has 0 aromatic heterocycles. The minimum atomic E-state index is 0.471. The molecular formula is C15H25N. The van der Waals surface area contributed by atoms with Gasteiger partial charge in [-0.15, -0.1) is 18.4 Å². The number of rotatable bonds is 8. The molecule has 0 amide bonds. The van der Waals surface area contributed by atoms with Gasteiger partial charge < -0.3 is 0 Å². The topological polar surface area (TPSA) is 3.24 Å². The Bertz CT molecular complexity index is 267. The van der Waals surface area contributed by atoms with Gasteiger partial charge in [0.05, 0.1) is 0 Å². The average Bonchev–Trinajstić information content (AvgIpc) is 2.24. The highest BCUT2D eigenvalue weighted by Gasteiger charge is 2.12. The van der Waals surface area contributed by atoms with Gasteiger partial charge in [0.25, 0.3) is 0 Å². The lowest BCUT2D eigenvalue weighted by Gasteiger charge is -2.26. The first-order valence-corrected chi connectivity index (χ1v) is 6.03. The molecule has 0 bridgehead atoms. The first-order chi connectivity index (χ1) is 7.65. The molecular weight excluding hydrogens is 194 g/mol. The van der Waals surface area contributed by atoms with E-state index in [1.165, 1.54) is 12.0 Å². The Morgan fingerprint density at radius 3 is 2.69 bits per heavy atom. The first-order valence-electron chi connectivity index (χ1n) is 6.03. The molecule has 16 heavy (non-hydrogen) atoms. The molecule has 0 radical (unpaired) electrons. The van der Waals surface area contributed by atoms with E-state index in [9.17, 15) is 0 Å². The Morgan fingerprint density at radius 1 is 1.50 bits per heavy atom. The van der Waals surface area contributed by atoms with Crippen LogP contribution in [0, 0.1) is 11.8 Å². The van der Waals surface area contributed by atoms with Crippen molar-refractivity contribution in [1.82, 2.24) is 4.90 Å². The van der Waals surface area contributed by atoms with Gasteiger partial charge in [-0.2, -0.15) is 0 Å². The maximum Gasteiger partial charge on any atom is 0.0248 e. The van der Waals surface area contributed by atoms with Crippen molar-refractivity contribution in [2.24, 2.45) is 0 Å². The van der Waals surface area contributed by atoms with E-state index >= 15 is 0 Å². The molecule has 90 valence electrons. The fourth-order valence-electron chi connectivity index (χ4n) is 1.75. The molecule has 1 nitrogen and oxygen atoms in total. The van der Waals surface area contributed by atoms with Crippen molar-refractivity contribution in [3.05, 3.63) is 24.8 Å². The van der Waals surface area contributed by atoms with Gasteiger partial charge in [-0.25, -0.2) is 0 Å². The standard InChI is InChI=1S/C15H25N/c1-6-9-12-15(11-8-3)16(5)13-14(4)10-7-2/h8,15H,3-4,7,10-13H2,1-2,5H3. The monoisotopic (exact) mass is 219 g/mol. The number of hydrogen-bond acceptors (Lipinski definition) is 1. The quantitative estimate of drug-likeness (QED) is 0.445. The summed E-state index contributed by atoms with van der Waals surface area (Å²) in [6.45, 7) is 13.0. The van der Waals surface area contributed by atoms with Crippen molar-refractivity contribution in [2.75, 3.05) is 13.6 Å². The Morgan fingerprint density at radius 2 is 2.19 bits per heavy atom. The summed E-state index contributed by atoms with van der Waals surface area (Å²) in [5.41, 5.74) is 1.31. The van der Waals surface area contributed by atoms with Crippen LogP contribution in [0.1, 0.15) is 39.5 Å². The van der Waals surface area contributed by atoms with Crippen LogP contribution in [-0.2, 0) is 0 Å². The molecule has 1 heteroatoms. The fraction of sp³-hybridized carbons (Fsp3) is 0.600. The van der Waals surface area contributed by atoms with E-state index in [1.54, 1.807) is 0 Å². The van der Waals surface area contributed by atoms with Crippen LogP contribution in [0.15, 0.2) is 24.8 Å². The highest BCUT2D eigenvalue weighted by molar-refractivity contribution is 5.02. The highest BCUT2D eigenvalue weighted by Crippen LogP contribution is 2.11. The minimum absolute atomic E-state index is 0.471. The molecule has 0 fully saturated rings. The molecule has 0 aromatic rings. The van der Waals surface area contributed by atoms with Crippen molar-refractivity contribution in [2.45, 2.75) is 45.6 Å². The zero-order valence-corrected chi connectivity index (χ0v) is 11.1. The predicted octanol–water partition coefficient (Wildman–Crippen LogP) is 3.63. The van der Waals surface area contributed by atoms with Gasteiger partial charge in [0, 0.05) is 19.0 Å². The molecule has 0 rings (SSSR count). The summed E-state index contributed by atoms with van der Waals surface area (Å²) in [7, 11) is 2.15. The molecule has 0 aromatic carbocycles. The van der Waals surface area contributed by atoms with E-state index in [1.807, 2.05) is 13.0 Å². The molecule has 1 atom stereocenters. The summed E-state index contributed by atoms with van der Waals surface area (Å²) in [4.78, 5) is 2.34. The summed E-state index contributed by atoms with van der Waals surface area (Å²) < 4.78 is 0. The molecule has 1 unspecified atom stereocenters. The van der Waals surface area contributed by atoms with Gasteiger partial charge in [0.2, 0.25) is 0 Å². The fourth-order valence-corrected chi connectivity index (χ4v) is 1.75. The molecule has 0 spiro atoms. The first kappa shape index (κ1) is 15.0. The lowest BCUT2D eigenvalue weighted by Crippen LogP contribution is -2.32. The van der Waals surface area contributed by atoms with Gasteiger partial charge in [-0.3, -0.25) is 4.90 Å². The summed E-state index contributed by atoms with van der Waals surface area (Å²) in [5, 5.41) is 0. The molecule has 0 N–H and O–H groups in total. The van der Waals surface area contributed by atoms with Crippen LogP contribution in [0.2, 0.25) is 0 Å². The van der Waals surface area contributed by atoms with Gasteiger partial charge in [0.15, 0.2) is 0 Å². The zero-order valence-electron chi connectivity index (χ0n) is 11.1. The van der Waals surface area contributed by atoms with Crippen LogP contribution >= 0.6 is 0 Å². The van der Waals surface area contributed by atoms with Crippen molar-refractivity contribution < 1.29 is 0 Å². The number of likely N-dealkylation sites (N-methyl/N-ethyl adjacent to an activating group) is 1. The molecule has 0 aliphatic heterocycles. The van der Waals surface area contributed by atoms with E-state index in [2.05, 4.69) is 43.9 Å². The Kier molecular flexibility index (Phi) is 8.66. The smallest absolute Gasteiger partial charge is 0.0248 e. The van der Waals surface area contributed by atoms with Crippen LogP contribution in [0.5, 0.6) is 0 Å². The number of hydrogen-bond donors (Lipinski definition) is 0. The van der Waals surface area contributed by atoms with Gasteiger partial charge in [0.1, 0.15) is 0 Å². The maximum absolute atomic E-state index is 4.10. The second-order valence-electron chi connectivity index (χ2n) is 4.22. The maximum atomic E-state index is 4.10. The van der Waals surface area contributed by atoms with Crippen LogP contribution in [-0.4, -0.2) is 24.5 Å². The van der Waals surface area contributed by atoms with Gasteiger partial charge in [-0.05, 0) is 26.8 Å². The Balaban J connectivity index is 4.22. The largest absolute Gasteiger partial charge is 0.298 e. The molecule has 0 saturated carbocycles. The van der Waals surface area contributed by atoms with Gasteiger partial charge in [-0.1, -0.05) is 31.6 Å². The molecule has 0 heterocycles. The van der Waals surface area contributed by atoms with Crippen LogP contribution in [0.4, 0.5) is 0 Å². The van der Waals surface area contributed by atoms with Crippen molar-refractivity contribution in [3.8, 4) is 11.8 Å². The third-order valence-electron chi connectivity index (χ3n) is 2.65. The summed E-state index contributed by atoms with van der Waals surface area (Å²) in [5.74, 6) is 6.11. The third-order valence-corrected chi connectivity index (χ3v) is 2.65. The van der Waals surface area contributed by atoms with Crippen molar-refractivity contribution >= 4 is 0 Å². The Hall–Kier alpha value is -1.00. The van der Waals surface area contributed by atoms with E-state index in [-0.39, 0.29) is 0 Å². The lowest BCUT2D eigenvalue weighted by atomic mass is 10.1. The van der Waals surface area contributed by atoms with Crippen LogP contribution in [0.25, 0.3) is 0 Å². The lowest BCUT2D eigenvalue weighted by molar-refractivity contribution is 0.264. The normalized spacial score (nSPS) is 11.8. The van der Waals surface area contributed by atoms with E-state index in [4.69, 9.17) is 0 Å². The van der Waals surface area contributed by atoms with Gasteiger partial charge >= 0.3 is 0 Å². The molecule has 0 aliphatic carbocycles. The second kappa shape index (κ2) is 9.24. The Labute approximate surface area is 101 Å². The van der Waals surface area contributed by atoms with Crippen molar-refractivity contribution in [1.29, 1.82) is 0 Å². The second-order valence-corrected chi connectivity index (χ2v) is 4.22. The van der Waals surface area contributed by atoms with Crippen molar-refractivity contribution in [3.63, 3.8) is 0 Å². The van der Waals surface area contributed by atoms with E-state index in [0.29, 0.717) is 6.04 Å². The van der Waals surface area contributed by atoms with E-state index in [0.717, 1.165) is 25.8 Å². The van der Waals surface area contributed by atoms with E-state index < -0.39 is 0 Å². The molecule has 0 aliphatic rings. The SMILES string of the molecule is C=CCC(CC#CC)N(C)CC(=C)CCC. The molecule has 0 saturated heterocycles. The highest BCUT2D eigenvalue weighted by atomic mass is 15.1.